The molecule has 0 aliphatic rings. The monoisotopic (exact) mass is 162 g/mol. The van der Waals surface area contributed by atoms with E-state index in [1.807, 2.05) is 0 Å². The zero-order valence-electron chi connectivity index (χ0n) is 5.47. The standard InChI is InChI=1S/C5H10N2S2/c1-5(2,3(6)8)4(7)9/h1-2H3,(H2,6,8)(H2,7,9). The molecular weight excluding hydrogens is 152 g/mol. The predicted octanol–water partition coefficient (Wildman–Crippen LogP) is 0.585. The highest BCUT2D eigenvalue weighted by molar-refractivity contribution is 7.82. The number of nitrogens with two attached hydrogens (primary N) is 2. The molecule has 4 N–H and O–H groups in total. The molecule has 9 heavy (non-hydrogen) atoms. The van der Waals surface area contributed by atoms with Crippen LogP contribution < -0.4 is 11.5 Å². The molecule has 52 valence electrons. The average molecular weight is 162 g/mol. The minimum atomic E-state index is -0.481. The van der Waals surface area contributed by atoms with Crippen molar-refractivity contribution in [1.29, 1.82) is 0 Å². The Morgan fingerprint density at radius 1 is 1.11 bits per heavy atom. The lowest BCUT2D eigenvalue weighted by molar-refractivity contribution is 0.737. The van der Waals surface area contributed by atoms with Crippen molar-refractivity contribution >= 4 is 34.4 Å². The fourth-order valence-corrected chi connectivity index (χ4v) is 0.406. The van der Waals surface area contributed by atoms with Gasteiger partial charge in [-0.3, -0.25) is 0 Å². The van der Waals surface area contributed by atoms with E-state index in [1.54, 1.807) is 13.8 Å². The molecule has 0 fully saturated rings. The molecule has 0 unspecified atom stereocenters. The summed E-state index contributed by atoms with van der Waals surface area (Å²) in [7, 11) is 0. The Kier molecular flexibility index (Phi) is 2.51. The summed E-state index contributed by atoms with van der Waals surface area (Å²) in [5.74, 6) is 0. The first-order valence-electron chi connectivity index (χ1n) is 2.49. The summed E-state index contributed by atoms with van der Waals surface area (Å²) in [4.78, 5) is 0.685. The van der Waals surface area contributed by atoms with Crippen molar-refractivity contribution in [2.24, 2.45) is 16.9 Å². The van der Waals surface area contributed by atoms with Gasteiger partial charge in [-0.2, -0.15) is 0 Å². The molecule has 0 radical (unpaired) electrons. The maximum Gasteiger partial charge on any atom is 0.0852 e. The Labute approximate surface area is 65.6 Å². The van der Waals surface area contributed by atoms with E-state index >= 15 is 0 Å². The molecule has 4 heteroatoms. The van der Waals surface area contributed by atoms with Crippen molar-refractivity contribution in [2.75, 3.05) is 0 Å². The zero-order valence-corrected chi connectivity index (χ0v) is 7.10. The van der Waals surface area contributed by atoms with Crippen molar-refractivity contribution in [1.82, 2.24) is 0 Å². The second-order valence-electron chi connectivity index (χ2n) is 2.35. The van der Waals surface area contributed by atoms with Crippen LogP contribution >= 0.6 is 24.4 Å². The summed E-state index contributed by atoms with van der Waals surface area (Å²) in [6, 6.07) is 0. The van der Waals surface area contributed by atoms with Crippen LogP contribution in [-0.4, -0.2) is 9.98 Å². The minimum Gasteiger partial charge on any atom is -0.393 e. The van der Waals surface area contributed by atoms with Crippen LogP contribution in [0.4, 0.5) is 0 Å². The maximum absolute atomic E-state index is 5.34. The van der Waals surface area contributed by atoms with Crippen molar-refractivity contribution in [3.05, 3.63) is 0 Å². The van der Waals surface area contributed by atoms with Crippen molar-refractivity contribution in [3.8, 4) is 0 Å². The molecule has 0 rings (SSSR count). The van der Waals surface area contributed by atoms with Crippen LogP contribution in [0, 0.1) is 5.41 Å². The van der Waals surface area contributed by atoms with E-state index in [4.69, 9.17) is 35.9 Å². The van der Waals surface area contributed by atoms with Gasteiger partial charge in [0.1, 0.15) is 0 Å². The third-order valence-corrected chi connectivity index (χ3v) is 2.25. The molecule has 0 saturated heterocycles. The molecule has 0 atom stereocenters. The SMILES string of the molecule is CC(C)(C(N)=S)C(N)=S. The molecule has 0 saturated carbocycles. The highest BCUT2D eigenvalue weighted by atomic mass is 32.1. The molecular formula is C5H10N2S2. The molecule has 0 heterocycles. The molecule has 0 aliphatic heterocycles. The Hall–Kier alpha value is -0.220. The number of rotatable bonds is 2. The molecule has 0 aromatic carbocycles. The second-order valence-corrected chi connectivity index (χ2v) is 3.23. The van der Waals surface area contributed by atoms with Gasteiger partial charge >= 0.3 is 0 Å². The summed E-state index contributed by atoms with van der Waals surface area (Å²) < 4.78 is 0. The fourth-order valence-electron chi connectivity index (χ4n) is 0.121. The second kappa shape index (κ2) is 2.58. The fraction of sp³-hybridized carbons (Fsp3) is 0.600. The van der Waals surface area contributed by atoms with Crippen molar-refractivity contribution in [2.45, 2.75) is 13.8 Å². The van der Waals surface area contributed by atoms with Crippen molar-refractivity contribution in [3.63, 3.8) is 0 Å². The van der Waals surface area contributed by atoms with Gasteiger partial charge in [-0.25, -0.2) is 0 Å². The lowest BCUT2D eigenvalue weighted by atomic mass is 9.94. The first-order valence-corrected chi connectivity index (χ1v) is 3.30. The summed E-state index contributed by atoms with van der Waals surface area (Å²) in [5, 5.41) is 0. The van der Waals surface area contributed by atoms with Crippen LogP contribution in [0.5, 0.6) is 0 Å². The summed E-state index contributed by atoms with van der Waals surface area (Å²) in [6.45, 7) is 3.61. The van der Waals surface area contributed by atoms with Gasteiger partial charge in [0.15, 0.2) is 0 Å². The van der Waals surface area contributed by atoms with Crippen LogP contribution in [0.3, 0.4) is 0 Å². The van der Waals surface area contributed by atoms with E-state index in [0.29, 0.717) is 9.98 Å². The summed E-state index contributed by atoms with van der Waals surface area (Å²) >= 11 is 9.44. The molecule has 0 spiro atoms. The quantitative estimate of drug-likeness (QED) is 0.583. The first kappa shape index (κ1) is 8.78. The summed E-state index contributed by atoms with van der Waals surface area (Å²) in [5.41, 5.74) is 10.2. The smallest absolute Gasteiger partial charge is 0.0852 e. The predicted molar refractivity (Wildman–Crippen MR) is 47.4 cm³/mol. The largest absolute Gasteiger partial charge is 0.393 e. The molecule has 0 aromatic heterocycles. The van der Waals surface area contributed by atoms with E-state index in [0.717, 1.165) is 0 Å². The van der Waals surface area contributed by atoms with Gasteiger partial charge in [-0.15, -0.1) is 0 Å². The highest BCUT2D eigenvalue weighted by Crippen LogP contribution is 2.14. The average Bonchev–Trinajstić information content (AvgIpc) is 1.65. The van der Waals surface area contributed by atoms with E-state index in [9.17, 15) is 0 Å². The molecule has 0 amide bonds. The molecule has 0 aromatic rings. The Balaban J connectivity index is 4.38. The van der Waals surface area contributed by atoms with Crippen LogP contribution in [0.25, 0.3) is 0 Å². The van der Waals surface area contributed by atoms with Gasteiger partial charge in [0, 0.05) is 0 Å². The maximum atomic E-state index is 5.34. The van der Waals surface area contributed by atoms with E-state index < -0.39 is 5.41 Å². The molecule has 0 aliphatic carbocycles. The lowest BCUT2D eigenvalue weighted by Crippen LogP contribution is -2.40. The van der Waals surface area contributed by atoms with E-state index in [1.165, 1.54) is 0 Å². The third-order valence-electron chi connectivity index (χ3n) is 1.23. The molecule has 2 nitrogen and oxygen atoms in total. The topological polar surface area (TPSA) is 52.0 Å². The lowest BCUT2D eigenvalue weighted by Gasteiger charge is -2.20. The van der Waals surface area contributed by atoms with Gasteiger partial charge in [0.25, 0.3) is 0 Å². The Morgan fingerprint density at radius 2 is 1.33 bits per heavy atom. The number of hydrogen-bond donors (Lipinski definition) is 2. The molecule has 0 bridgehead atoms. The van der Waals surface area contributed by atoms with Crippen LogP contribution in [0.1, 0.15) is 13.8 Å². The van der Waals surface area contributed by atoms with E-state index in [2.05, 4.69) is 0 Å². The summed E-state index contributed by atoms with van der Waals surface area (Å²) in [6.07, 6.45) is 0. The van der Waals surface area contributed by atoms with Crippen LogP contribution in [0.2, 0.25) is 0 Å². The minimum absolute atomic E-state index is 0.343. The highest BCUT2D eigenvalue weighted by Gasteiger charge is 2.24. The Morgan fingerprint density at radius 3 is 1.33 bits per heavy atom. The number of thiocarbonyl (C=S) groups is 2. The van der Waals surface area contributed by atoms with Gasteiger partial charge in [0.2, 0.25) is 0 Å². The zero-order chi connectivity index (χ0) is 7.65. The van der Waals surface area contributed by atoms with Gasteiger partial charge < -0.3 is 11.5 Å². The number of hydrogen-bond acceptors (Lipinski definition) is 2. The normalized spacial score (nSPS) is 10.9. The van der Waals surface area contributed by atoms with Crippen molar-refractivity contribution < 1.29 is 0 Å². The van der Waals surface area contributed by atoms with Gasteiger partial charge in [0.05, 0.1) is 15.4 Å². The third kappa shape index (κ3) is 1.87. The van der Waals surface area contributed by atoms with E-state index in [-0.39, 0.29) is 0 Å². The van der Waals surface area contributed by atoms with Gasteiger partial charge in [-0.1, -0.05) is 24.4 Å². The van der Waals surface area contributed by atoms with Gasteiger partial charge in [-0.05, 0) is 13.8 Å². The first-order chi connectivity index (χ1) is 3.89. The Bertz CT molecular complexity index is 135. The van der Waals surface area contributed by atoms with Crippen LogP contribution in [-0.2, 0) is 0 Å². The van der Waals surface area contributed by atoms with Crippen LogP contribution in [0.15, 0.2) is 0 Å².